The molecule has 0 bridgehead atoms. The van der Waals surface area contributed by atoms with Crippen LogP contribution in [0.2, 0.25) is 0 Å². The van der Waals surface area contributed by atoms with Gasteiger partial charge in [0.2, 0.25) is 0 Å². The van der Waals surface area contributed by atoms with Crippen molar-refractivity contribution in [2.75, 3.05) is 30.3 Å². The molecule has 0 aromatic heterocycles. The minimum Gasteiger partial charge on any atom is -0.385 e. The van der Waals surface area contributed by atoms with Crippen molar-refractivity contribution in [3.05, 3.63) is 65.7 Å². The van der Waals surface area contributed by atoms with Gasteiger partial charge in [-0.25, -0.2) is 4.79 Å². The Morgan fingerprint density at radius 1 is 1.07 bits per heavy atom. The van der Waals surface area contributed by atoms with E-state index >= 15 is 0 Å². The van der Waals surface area contributed by atoms with Crippen LogP contribution >= 0.6 is 0 Å². The number of allylic oxidation sites excluding steroid dienone is 1. The van der Waals surface area contributed by atoms with Crippen LogP contribution in [0.15, 0.2) is 54.6 Å². The van der Waals surface area contributed by atoms with Gasteiger partial charge in [-0.2, -0.15) is 0 Å². The summed E-state index contributed by atoms with van der Waals surface area (Å²) in [7, 11) is 0. The Bertz CT molecular complexity index is 768. The van der Waals surface area contributed by atoms with E-state index in [4.69, 9.17) is 0 Å². The van der Waals surface area contributed by atoms with E-state index in [1.807, 2.05) is 42.2 Å². The highest BCUT2D eigenvalue weighted by Crippen LogP contribution is 2.27. The summed E-state index contributed by atoms with van der Waals surface area (Å²) >= 11 is 0. The van der Waals surface area contributed by atoms with Gasteiger partial charge < -0.3 is 15.5 Å². The van der Waals surface area contributed by atoms with Crippen LogP contribution in [0.25, 0.3) is 5.57 Å². The fourth-order valence-electron chi connectivity index (χ4n) is 3.03. The van der Waals surface area contributed by atoms with Crippen LogP contribution in [0.3, 0.4) is 0 Å². The summed E-state index contributed by atoms with van der Waals surface area (Å²) in [6, 6.07) is 15.9. The number of benzene rings is 2. The third kappa shape index (κ3) is 5.88. The van der Waals surface area contributed by atoms with Crippen molar-refractivity contribution in [1.29, 1.82) is 0 Å². The number of urea groups is 1. The summed E-state index contributed by atoms with van der Waals surface area (Å²) in [4.78, 5) is 14.6. The average molecular weight is 366 g/mol. The predicted octanol–water partition coefficient (Wildman–Crippen LogP) is 5.77. The van der Waals surface area contributed by atoms with E-state index in [1.54, 1.807) is 0 Å². The largest absolute Gasteiger partial charge is 0.385 e. The van der Waals surface area contributed by atoms with Crippen LogP contribution in [-0.2, 0) is 0 Å². The number of carbonyl (C=O) groups is 1. The molecule has 0 fully saturated rings. The quantitative estimate of drug-likeness (QED) is 0.623. The first kappa shape index (κ1) is 20.6. The number of anilines is 2. The van der Waals surface area contributed by atoms with Crippen LogP contribution in [0.5, 0.6) is 0 Å². The lowest BCUT2D eigenvalue weighted by Crippen LogP contribution is -2.36. The summed E-state index contributed by atoms with van der Waals surface area (Å²) in [6.07, 6.45) is 3.14. The number of rotatable bonds is 8. The summed E-state index contributed by atoms with van der Waals surface area (Å²) in [5.41, 5.74) is 5.48. The Hall–Kier alpha value is -2.75. The van der Waals surface area contributed by atoms with Gasteiger partial charge in [-0.1, -0.05) is 42.8 Å². The van der Waals surface area contributed by atoms with Crippen molar-refractivity contribution in [2.24, 2.45) is 0 Å². The first-order valence-corrected chi connectivity index (χ1v) is 9.73. The maximum atomic E-state index is 12.8. The van der Waals surface area contributed by atoms with Crippen molar-refractivity contribution in [2.45, 2.75) is 34.1 Å². The molecule has 0 aliphatic rings. The first-order valence-electron chi connectivity index (χ1n) is 9.73. The Balaban J connectivity index is 2.25. The highest BCUT2D eigenvalue weighted by atomic mass is 16.2. The third-order valence-corrected chi connectivity index (χ3v) is 4.39. The van der Waals surface area contributed by atoms with Crippen LogP contribution in [-0.4, -0.2) is 30.6 Å². The van der Waals surface area contributed by atoms with E-state index in [0.717, 1.165) is 24.3 Å². The molecule has 0 heterocycles. The van der Waals surface area contributed by atoms with E-state index in [1.165, 1.54) is 16.7 Å². The minimum atomic E-state index is -0.0802. The molecule has 2 amide bonds. The second-order valence-corrected chi connectivity index (χ2v) is 6.53. The number of nitrogens with zero attached hydrogens (tertiary/aromatic N) is 1. The molecule has 0 unspecified atom stereocenters. The molecule has 0 aliphatic heterocycles. The number of nitrogens with one attached hydrogen (secondary N) is 2. The van der Waals surface area contributed by atoms with Gasteiger partial charge in [0.05, 0.1) is 0 Å². The highest BCUT2D eigenvalue weighted by Gasteiger charge is 2.16. The van der Waals surface area contributed by atoms with Gasteiger partial charge in [0.15, 0.2) is 0 Å². The lowest BCUT2D eigenvalue weighted by atomic mass is 9.99. The second kappa shape index (κ2) is 10.4. The number of carbonyl (C=O) groups excluding carboxylic acids is 1. The Morgan fingerprint density at radius 3 is 2.44 bits per heavy atom. The Morgan fingerprint density at radius 2 is 1.81 bits per heavy atom. The van der Waals surface area contributed by atoms with Gasteiger partial charge in [-0.15, -0.1) is 0 Å². The van der Waals surface area contributed by atoms with Crippen LogP contribution in [0.4, 0.5) is 16.2 Å². The fraction of sp³-hybridized carbons (Fsp3) is 0.348. The molecule has 2 aromatic carbocycles. The smallest absolute Gasteiger partial charge is 0.322 e. The number of hydrogen-bond acceptors (Lipinski definition) is 2. The Labute approximate surface area is 163 Å². The standard InChI is InChI=1S/C23H31N3O/c1-5-11-19(21-16-18(4)14-15-22(21)24-6-2)17-26(7-3)23(27)25-20-12-9-8-10-13-20/h8-16,24H,5-7,17H2,1-4H3,(H,25,27)/b19-11+. The molecule has 0 spiro atoms. The van der Waals surface area contributed by atoms with Crippen molar-refractivity contribution in [1.82, 2.24) is 4.90 Å². The van der Waals surface area contributed by atoms with Gasteiger partial charge in [-0.3, -0.25) is 0 Å². The van der Waals surface area contributed by atoms with E-state index < -0.39 is 0 Å². The molecule has 0 atom stereocenters. The van der Waals surface area contributed by atoms with Crippen molar-refractivity contribution in [3.63, 3.8) is 0 Å². The summed E-state index contributed by atoms with van der Waals surface area (Å²) in [6.45, 7) is 10.4. The molecule has 2 N–H and O–H groups in total. The molecule has 0 saturated carbocycles. The number of likely N-dealkylation sites (N-methyl/N-ethyl adjacent to an activating group) is 1. The molecule has 2 rings (SSSR count). The minimum absolute atomic E-state index is 0.0802. The molecule has 0 radical (unpaired) electrons. The molecule has 0 aliphatic carbocycles. The lowest BCUT2D eigenvalue weighted by molar-refractivity contribution is 0.220. The molecule has 4 nitrogen and oxygen atoms in total. The van der Waals surface area contributed by atoms with E-state index in [2.05, 4.69) is 55.7 Å². The molecule has 144 valence electrons. The maximum absolute atomic E-state index is 12.8. The van der Waals surface area contributed by atoms with E-state index in [9.17, 15) is 4.79 Å². The predicted molar refractivity (Wildman–Crippen MR) is 116 cm³/mol. The zero-order valence-corrected chi connectivity index (χ0v) is 16.9. The third-order valence-electron chi connectivity index (χ3n) is 4.39. The summed E-state index contributed by atoms with van der Waals surface area (Å²) < 4.78 is 0. The zero-order valence-electron chi connectivity index (χ0n) is 16.9. The SMILES string of the molecule is CC/C=C(\CN(CC)C(=O)Nc1ccccc1)c1cc(C)ccc1NCC. The molecule has 4 heteroatoms. The van der Waals surface area contributed by atoms with Gasteiger partial charge >= 0.3 is 6.03 Å². The summed E-state index contributed by atoms with van der Waals surface area (Å²) in [5, 5.41) is 6.43. The van der Waals surface area contributed by atoms with Crippen LogP contribution in [0.1, 0.15) is 38.3 Å². The van der Waals surface area contributed by atoms with Gasteiger partial charge in [0.1, 0.15) is 0 Å². The monoisotopic (exact) mass is 365 g/mol. The van der Waals surface area contributed by atoms with Gasteiger partial charge in [0, 0.05) is 36.6 Å². The van der Waals surface area contributed by atoms with Crippen molar-refractivity contribution in [3.8, 4) is 0 Å². The zero-order chi connectivity index (χ0) is 19.6. The van der Waals surface area contributed by atoms with E-state index in [0.29, 0.717) is 13.1 Å². The Kier molecular flexibility index (Phi) is 7.93. The second-order valence-electron chi connectivity index (χ2n) is 6.53. The topological polar surface area (TPSA) is 44.4 Å². The summed E-state index contributed by atoms with van der Waals surface area (Å²) in [5.74, 6) is 0. The van der Waals surface area contributed by atoms with Crippen LogP contribution in [0, 0.1) is 6.92 Å². The first-order chi connectivity index (χ1) is 13.1. The maximum Gasteiger partial charge on any atom is 0.322 e. The number of para-hydroxylation sites is 1. The van der Waals surface area contributed by atoms with Gasteiger partial charge in [-0.05, 0) is 57.0 Å². The number of aryl methyl sites for hydroxylation is 1. The number of amides is 2. The van der Waals surface area contributed by atoms with Crippen LogP contribution < -0.4 is 10.6 Å². The molecule has 27 heavy (non-hydrogen) atoms. The number of hydrogen-bond donors (Lipinski definition) is 2. The van der Waals surface area contributed by atoms with E-state index in [-0.39, 0.29) is 6.03 Å². The van der Waals surface area contributed by atoms with Crippen molar-refractivity contribution < 1.29 is 4.79 Å². The van der Waals surface area contributed by atoms with Gasteiger partial charge in [0.25, 0.3) is 0 Å². The molecule has 0 saturated heterocycles. The lowest BCUT2D eigenvalue weighted by Gasteiger charge is -2.24. The average Bonchev–Trinajstić information content (AvgIpc) is 2.67. The fourth-order valence-corrected chi connectivity index (χ4v) is 3.03. The normalized spacial score (nSPS) is 11.2. The molecular formula is C23H31N3O. The highest BCUT2D eigenvalue weighted by molar-refractivity contribution is 5.91. The molecule has 2 aromatic rings. The molecular weight excluding hydrogens is 334 g/mol. The van der Waals surface area contributed by atoms with Crippen molar-refractivity contribution >= 4 is 23.0 Å².